The van der Waals surface area contributed by atoms with Crippen molar-refractivity contribution < 1.29 is 27.8 Å². The zero-order valence-corrected chi connectivity index (χ0v) is 34.4. The van der Waals surface area contributed by atoms with Gasteiger partial charge in [0.15, 0.2) is 0 Å². The summed E-state index contributed by atoms with van der Waals surface area (Å²) in [6.45, 7) is 3.21. The lowest BCUT2D eigenvalue weighted by atomic mass is 9.82. The fourth-order valence-electron chi connectivity index (χ4n) is 6.78. The number of hydrogen-bond acceptors (Lipinski definition) is 12. The number of nitriles is 2. The second-order valence-electron chi connectivity index (χ2n) is 14.2. The Kier molecular flexibility index (Phi) is 12.8. The lowest BCUT2D eigenvalue weighted by Crippen LogP contribution is -2.38. The highest BCUT2D eigenvalue weighted by atomic mass is 32.1. The summed E-state index contributed by atoms with van der Waals surface area (Å²) in [5.74, 6) is -4.29. The first-order chi connectivity index (χ1) is 29.8. The maximum atomic E-state index is 14.7. The number of halogens is 4. The molecule has 0 aliphatic rings. The predicted octanol–water partition coefficient (Wildman–Crippen LogP) is 8.49. The van der Waals surface area contributed by atoms with Gasteiger partial charge in [0.2, 0.25) is 0 Å². The van der Waals surface area contributed by atoms with Crippen molar-refractivity contribution in [2.75, 3.05) is 0 Å². The number of benzene rings is 4. The smallest absolute Gasteiger partial charge is 0.137 e. The molecular weight excluding hydrogens is 841 g/mol. The molecule has 62 heavy (non-hydrogen) atoms. The van der Waals surface area contributed by atoms with Crippen LogP contribution in [0.4, 0.5) is 17.6 Å². The Morgan fingerprint density at radius 1 is 0.613 bits per heavy atom. The highest BCUT2D eigenvalue weighted by Gasteiger charge is 2.43. The molecule has 4 aromatic carbocycles. The number of aromatic nitrogens is 8. The molecule has 4 aromatic heterocycles. The molecule has 4 heterocycles. The number of rotatable bonds is 12. The van der Waals surface area contributed by atoms with E-state index in [1.807, 2.05) is 10.8 Å². The molecule has 0 fully saturated rings. The summed E-state index contributed by atoms with van der Waals surface area (Å²) >= 11 is 2.64. The van der Waals surface area contributed by atoms with Crippen molar-refractivity contribution in [3.63, 3.8) is 0 Å². The molecule has 4 atom stereocenters. The first kappa shape index (κ1) is 43.1. The Morgan fingerprint density at radius 2 is 1.06 bits per heavy atom. The summed E-state index contributed by atoms with van der Waals surface area (Å²) in [7, 11) is 0. The second kappa shape index (κ2) is 18.3. The van der Waals surface area contributed by atoms with Gasteiger partial charge in [0, 0.05) is 50.9 Å². The first-order valence-electron chi connectivity index (χ1n) is 18.7. The average molecular weight is 875 g/mol. The average Bonchev–Trinajstić information content (AvgIpc) is 4.14. The van der Waals surface area contributed by atoms with E-state index < -0.39 is 46.3 Å². The minimum Gasteiger partial charge on any atom is -0.382 e. The van der Waals surface area contributed by atoms with Gasteiger partial charge in [-0.3, -0.25) is 0 Å². The van der Waals surface area contributed by atoms with E-state index in [-0.39, 0.29) is 24.2 Å². The third kappa shape index (κ3) is 9.19. The normalized spacial score (nSPS) is 14.0. The largest absolute Gasteiger partial charge is 0.382 e. The van der Waals surface area contributed by atoms with Crippen LogP contribution in [-0.4, -0.2) is 49.7 Å². The summed E-state index contributed by atoms with van der Waals surface area (Å²) in [5, 5.41) is 54.1. The quantitative estimate of drug-likeness (QED) is 0.113. The number of hydrogen-bond donors (Lipinski definition) is 2. The van der Waals surface area contributed by atoms with Crippen molar-refractivity contribution in [3.8, 4) is 34.7 Å². The molecule has 8 aromatic rings. The standard InChI is InChI=1S/2C22H17F2N5OS/c1-14(21-28-20(10-31-21)16-4-2-15(9-25)3-5-16)22(30,11-29-13-26-12-27-29)18-8-17(23)6-7-19(18)24;1-14(21-28-20(10-31-21)16-4-2-15(9-25)3-5-16)22(30,11-29-13-26-12-27-29)18-7-6-17(23)8-19(18)24/h2*2-8,10,12-14,30H,11H2,1H3/t2*14-,22+/m00/s1. The Balaban J connectivity index is 0.000000186. The van der Waals surface area contributed by atoms with Crippen LogP contribution in [0.1, 0.15) is 58.0 Å². The maximum Gasteiger partial charge on any atom is 0.137 e. The molecule has 312 valence electrons. The number of aliphatic hydroxyl groups is 2. The van der Waals surface area contributed by atoms with Crippen molar-refractivity contribution in [1.82, 2.24) is 39.5 Å². The summed E-state index contributed by atoms with van der Waals surface area (Å²) in [4.78, 5) is 17.0. The van der Waals surface area contributed by atoms with Crippen LogP contribution < -0.4 is 0 Å². The molecule has 0 amide bonds. The Hall–Kier alpha value is -6.96. The highest BCUT2D eigenvalue weighted by Crippen LogP contribution is 2.43. The molecule has 0 unspecified atom stereocenters. The van der Waals surface area contributed by atoms with Crippen LogP contribution in [0.2, 0.25) is 0 Å². The van der Waals surface area contributed by atoms with Gasteiger partial charge in [-0.25, -0.2) is 46.9 Å². The van der Waals surface area contributed by atoms with E-state index in [2.05, 4.69) is 42.3 Å². The molecular formula is C44H34F4N10O2S2. The number of nitrogens with zero attached hydrogens (tertiary/aromatic N) is 10. The lowest BCUT2D eigenvalue weighted by Gasteiger charge is -2.33. The molecule has 0 bridgehead atoms. The number of thiazole rings is 2. The van der Waals surface area contributed by atoms with Gasteiger partial charge in [0.05, 0.1) is 57.8 Å². The molecule has 12 nitrogen and oxygen atoms in total. The highest BCUT2D eigenvalue weighted by molar-refractivity contribution is 7.10. The van der Waals surface area contributed by atoms with E-state index in [1.54, 1.807) is 62.4 Å². The third-order valence-corrected chi connectivity index (χ3v) is 12.4. The van der Waals surface area contributed by atoms with Crippen LogP contribution in [0, 0.1) is 45.9 Å². The SMILES string of the molecule is C[C@@H](c1nc(-c2ccc(C#N)cc2)cs1)[C@](O)(Cn1cncn1)c1cc(F)ccc1F.C[C@@H](c1nc(-c2ccc(C#N)cc2)cs1)[C@](O)(Cn1cncn1)c1ccc(F)cc1F. The fraction of sp³-hybridized carbons (Fsp3) is 0.182. The molecule has 0 aliphatic heterocycles. The topological polar surface area (TPSA) is 175 Å². The fourth-order valence-corrected chi connectivity index (χ4v) is 8.72. The summed E-state index contributed by atoms with van der Waals surface area (Å²) in [6, 6.07) is 24.2. The van der Waals surface area contributed by atoms with Crippen molar-refractivity contribution in [2.24, 2.45) is 0 Å². The molecule has 18 heteroatoms. The maximum absolute atomic E-state index is 14.7. The van der Waals surface area contributed by atoms with E-state index in [1.165, 1.54) is 63.4 Å². The minimum absolute atomic E-state index is 0.0491. The third-order valence-electron chi connectivity index (χ3n) is 10.4. The van der Waals surface area contributed by atoms with Gasteiger partial charge in [-0.15, -0.1) is 22.7 Å². The summed E-state index contributed by atoms with van der Waals surface area (Å²) < 4.78 is 59.6. The van der Waals surface area contributed by atoms with Gasteiger partial charge in [0.25, 0.3) is 0 Å². The van der Waals surface area contributed by atoms with Gasteiger partial charge in [-0.05, 0) is 48.5 Å². The van der Waals surface area contributed by atoms with E-state index in [0.29, 0.717) is 32.5 Å². The minimum atomic E-state index is -1.83. The zero-order chi connectivity index (χ0) is 44.0. The monoisotopic (exact) mass is 874 g/mol. The molecule has 2 N–H and O–H groups in total. The molecule has 0 aliphatic carbocycles. The molecule has 0 saturated heterocycles. The zero-order valence-electron chi connectivity index (χ0n) is 32.8. The van der Waals surface area contributed by atoms with Crippen LogP contribution in [0.3, 0.4) is 0 Å². The van der Waals surface area contributed by atoms with Crippen molar-refractivity contribution in [3.05, 3.63) is 177 Å². The van der Waals surface area contributed by atoms with Gasteiger partial charge < -0.3 is 10.2 Å². The van der Waals surface area contributed by atoms with Crippen LogP contribution >= 0.6 is 22.7 Å². The van der Waals surface area contributed by atoms with Gasteiger partial charge >= 0.3 is 0 Å². The lowest BCUT2D eigenvalue weighted by molar-refractivity contribution is -0.0116. The van der Waals surface area contributed by atoms with Crippen LogP contribution in [-0.2, 0) is 24.3 Å². The van der Waals surface area contributed by atoms with Gasteiger partial charge in [-0.1, -0.05) is 44.2 Å². The van der Waals surface area contributed by atoms with Crippen LogP contribution in [0.15, 0.2) is 121 Å². The molecule has 0 radical (unpaired) electrons. The van der Waals surface area contributed by atoms with E-state index in [9.17, 15) is 27.8 Å². The van der Waals surface area contributed by atoms with Crippen LogP contribution in [0.25, 0.3) is 22.5 Å². The Morgan fingerprint density at radius 3 is 1.50 bits per heavy atom. The Labute approximate surface area is 360 Å². The van der Waals surface area contributed by atoms with Crippen molar-refractivity contribution in [2.45, 2.75) is 50.0 Å². The summed E-state index contributed by atoms with van der Waals surface area (Å²) in [5.41, 5.74) is 0.242. The van der Waals surface area contributed by atoms with Gasteiger partial charge in [-0.2, -0.15) is 20.7 Å². The predicted molar refractivity (Wildman–Crippen MR) is 222 cm³/mol. The van der Waals surface area contributed by atoms with E-state index in [4.69, 9.17) is 10.5 Å². The Bertz CT molecular complexity index is 2860. The van der Waals surface area contributed by atoms with Gasteiger partial charge in [0.1, 0.15) is 59.8 Å². The summed E-state index contributed by atoms with van der Waals surface area (Å²) in [6.07, 6.45) is 5.44. The van der Waals surface area contributed by atoms with Crippen molar-refractivity contribution >= 4 is 22.7 Å². The molecule has 0 spiro atoms. The molecule has 0 saturated carbocycles. The van der Waals surface area contributed by atoms with Crippen LogP contribution in [0.5, 0.6) is 0 Å². The van der Waals surface area contributed by atoms with E-state index >= 15 is 0 Å². The van der Waals surface area contributed by atoms with Crippen molar-refractivity contribution in [1.29, 1.82) is 10.5 Å². The molecule has 8 rings (SSSR count). The first-order valence-corrected chi connectivity index (χ1v) is 20.5. The second-order valence-corrected chi connectivity index (χ2v) is 16.0. The van der Waals surface area contributed by atoms with E-state index in [0.717, 1.165) is 41.5 Å².